The van der Waals surface area contributed by atoms with Crippen molar-refractivity contribution < 1.29 is 13.9 Å². The van der Waals surface area contributed by atoms with Crippen LogP contribution in [0.2, 0.25) is 0 Å². The SMILES string of the molecule is O=C(c1cccc(F)c1)N1CCO[C@@H]2CCCC[C@H]21. The molecule has 1 aromatic carbocycles. The van der Waals surface area contributed by atoms with Gasteiger partial charge in [0.2, 0.25) is 0 Å². The number of rotatable bonds is 1. The molecule has 0 spiro atoms. The van der Waals surface area contributed by atoms with Crippen LogP contribution in [0.15, 0.2) is 24.3 Å². The Balaban J connectivity index is 1.82. The summed E-state index contributed by atoms with van der Waals surface area (Å²) in [5.41, 5.74) is 0.436. The second-order valence-electron chi connectivity index (χ2n) is 5.27. The highest BCUT2D eigenvalue weighted by molar-refractivity contribution is 5.94. The van der Waals surface area contributed by atoms with E-state index in [1.54, 1.807) is 12.1 Å². The van der Waals surface area contributed by atoms with Crippen molar-refractivity contribution in [3.8, 4) is 0 Å². The van der Waals surface area contributed by atoms with E-state index in [-0.39, 0.29) is 23.9 Å². The largest absolute Gasteiger partial charge is 0.374 e. The number of nitrogens with zero attached hydrogens (tertiary/aromatic N) is 1. The lowest BCUT2D eigenvalue weighted by Crippen LogP contribution is -2.54. The molecule has 0 radical (unpaired) electrons. The van der Waals surface area contributed by atoms with E-state index in [0.717, 1.165) is 19.3 Å². The minimum absolute atomic E-state index is 0.0697. The molecule has 3 nitrogen and oxygen atoms in total. The quantitative estimate of drug-likeness (QED) is 0.779. The molecule has 0 bridgehead atoms. The van der Waals surface area contributed by atoms with Gasteiger partial charge in [-0.25, -0.2) is 4.39 Å². The van der Waals surface area contributed by atoms with Crippen LogP contribution in [-0.2, 0) is 4.74 Å². The molecule has 19 heavy (non-hydrogen) atoms. The van der Waals surface area contributed by atoms with Gasteiger partial charge in [-0.2, -0.15) is 0 Å². The van der Waals surface area contributed by atoms with Crippen LogP contribution in [0.1, 0.15) is 36.0 Å². The highest BCUT2D eigenvalue weighted by Gasteiger charge is 2.36. The third-order valence-corrected chi connectivity index (χ3v) is 4.06. The molecule has 0 unspecified atom stereocenters. The monoisotopic (exact) mass is 263 g/mol. The third-order valence-electron chi connectivity index (χ3n) is 4.06. The van der Waals surface area contributed by atoms with Gasteiger partial charge >= 0.3 is 0 Å². The van der Waals surface area contributed by atoms with E-state index in [2.05, 4.69) is 0 Å². The average molecular weight is 263 g/mol. The first-order valence-corrected chi connectivity index (χ1v) is 6.94. The summed E-state index contributed by atoms with van der Waals surface area (Å²) >= 11 is 0. The van der Waals surface area contributed by atoms with Gasteiger partial charge in [0.05, 0.1) is 18.8 Å². The highest BCUT2D eigenvalue weighted by Crippen LogP contribution is 2.29. The lowest BCUT2D eigenvalue weighted by molar-refractivity contribution is -0.0752. The number of hydrogen-bond donors (Lipinski definition) is 0. The Kier molecular flexibility index (Phi) is 3.51. The van der Waals surface area contributed by atoms with Crippen molar-refractivity contribution in [3.05, 3.63) is 35.6 Å². The van der Waals surface area contributed by atoms with Crippen molar-refractivity contribution in [1.29, 1.82) is 0 Å². The van der Waals surface area contributed by atoms with Gasteiger partial charge in [0.15, 0.2) is 0 Å². The molecule has 1 amide bonds. The number of carbonyl (C=O) groups excluding carboxylic acids is 1. The molecular weight excluding hydrogens is 245 g/mol. The topological polar surface area (TPSA) is 29.5 Å². The molecule has 1 aliphatic heterocycles. The van der Waals surface area contributed by atoms with Crippen LogP contribution in [0.25, 0.3) is 0 Å². The first kappa shape index (κ1) is 12.6. The normalized spacial score (nSPS) is 26.9. The van der Waals surface area contributed by atoms with Crippen LogP contribution in [-0.4, -0.2) is 36.1 Å². The summed E-state index contributed by atoms with van der Waals surface area (Å²) in [6, 6.07) is 6.10. The summed E-state index contributed by atoms with van der Waals surface area (Å²) in [5, 5.41) is 0. The highest BCUT2D eigenvalue weighted by atomic mass is 19.1. The van der Waals surface area contributed by atoms with Crippen molar-refractivity contribution in [1.82, 2.24) is 4.90 Å². The predicted molar refractivity (Wildman–Crippen MR) is 69.4 cm³/mol. The zero-order valence-electron chi connectivity index (χ0n) is 10.8. The molecule has 102 valence electrons. The fourth-order valence-electron chi connectivity index (χ4n) is 3.14. The van der Waals surface area contributed by atoms with E-state index in [0.29, 0.717) is 18.7 Å². The number of morpholine rings is 1. The van der Waals surface area contributed by atoms with Gasteiger partial charge < -0.3 is 9.64 Å². The van der Waals surface area contributed by atoms with E-state index in [9.17, 15) is 9.18 Å². The van der Waals surface area contributed by atoms with Crippen LogP contribution in [0.4, 0.5) is 4.39 Å². The molecule has 2 fully saturated rings. The lowest BCUT2D eigenvalue weighted by Gasteiger charge is -2.43. The van der Waals surface area contributed by atoms with Crippen LogP contribution in [0.3, 0.4) is 0 Å². The third kappa shape index (κ3) is 2.50. The van der Waals surface area contributed by atoms with E-state index in [4.69, 9.17) is 4.74 Å². The molecule has 0 aromatic heterocycles. The van der Waals surface area contributed by atoms with E-state index < -0.39 is 0 Å². The molecule has 2 atom stereocenters. The van der Waals surface area contributed by atoms with Gasteiger partial charge in [0, 0.05) is 12.1 Å². The summed E-state index contributed by atoms with van der Waals surface area (Å²) in [6.07, 6.45) is 4.49. The molecule has 0 N–H and O–H groups in total. The molecule has 1 heterocycles. The second kappa shape index (κ2) is 5.29. The first-order valence-electron chi connectivity index (χ1n) is 6.94. The lowest BCUT2D eigenvalue weighted by atomic mass is 9.89. The number of halogens is 1. The Morgan fingerprint density at radius 1 is 1.32 bits per heavy atom. The van der Waals surface area contributed by atoms with Crippen molar-refractivity contribution in [2.75, 3.05) is 13.2 Å². The number of carbonyl (C=O) groups is 1. The Morgan fingerprint density at radius 3 is 3.00 bits per heavy atom. The molecule has 4 heteroatoms. The summed E-state index contributed by atoms with van der Waals surface area (Å²) in [7, 11) is 0. The van der Waals surface area contributed by atoms with E-state index in [1.807, 2.05) is 4.90 Å². The standard InChI is InChI=1S/C15H18FNO2/c16-12-5-3-4-11(10-12)15(18)17-8-9-19-14-7-2-1-6-13(14)17/h3-5,10,13-14H,1-2,6-9H2/t13-,14-/m1/s1. The molecule has 1 saturated heterocycles. The van der Waals surface area contributed by atoms with Crippen LogP contribution < -0.4 is 0 Å². The molecule has 1 aromatic rings. The zero-order valence-corrected chi connectivity index (χ0v) is 10.8. The Hall–Kier alpha value is -1.42. The van der Waals surface area contributed by atoms with Gasteiger partial charge in [-0.1, -0.05) is 18.9 Å². The number of fused-ring (bicyclic) bond motifs is 1. The van der Waals surface area contributed by atoms with Crippen LogP contribution in [0, 0.1) is 5.82 Å². The van der Waals surface area contributed by atoms with E-state index in [1.165, 1.54) is 18.6 Å². The smallest absolute Gasteiger partial charge is 0.254 e. The van der Waals surface area contributed by atoms with Crippen molar-refractivity contribution >= 4 is 5.91 Å². The number of ether oxygens (including phenoxy) is 1. The molecular formula is C15H18FNO2. The van der Waals surface area contributed by atoms with E-state index >= 15 is 0 Å². The van der Waals surface area contributed by atoms with Crippen LogP contribution in [0.5, 0.6) is 0 Å². The molecule has 2 aliphatic rings. The minimum atomic E-state index is -0.362. The summed E-state index contributed by atoms with van der Waals surface area (Å²) in [5.74, 6) is -0.431. The fourth-order valence-corrected chi connectivity index (χ4v) is 3.14. The van der Waals surface area contributed by atoms with Gasteiger partial charge in [0.25, 0.3) is 5.91 Å². The Labute approximate surface area is 112 Å². The maximum absolute atomic E-state index is 13.2. The number of benzene rings is 1. The molecule has 1 aliphatic carbocycles. The molecule has 3 rings (SSSR count). The zero-order chi connectivity index (χ0) is 13.2. The van der Waals surface area contributed by atoms with Crippen molar-refractivity contribution in [3.63, 3.8) is 0 Å². The summed E-state index contributed by atoms with van der Waals surface area (Å²) in [6.45, 7) is 1.19. The maximum Gasteiger partial charge on any atom is 0.254 e. The maximum atomic E-state index is 13.2. The predicted octanol–water partition coefficient (Wildman–Crippen LogP) is 2.61. The summed E-state index contributed by atoms with van der Waals surface area (Å²) in [4.78, 5) is 14.4. The van der Waals surface area contributed by atoms with Crippen LogP contribution >= 0.6 is 0 Å². The number of amides is 1. The second-order valence-corrected chi connectivity index (χ2v) is 5.27. The van der Waals surface area contributed by atoms with Crippen molar-refractivity contribution in [2.45, 2.75) is 37.8 Å². The first-order chi connectivity index (χ1) is 9.25. The van der Waals surface area contributed by atoms with Crippen molar-refractivity contribution in [2.24, 2.45) is 0 Å². The summed E-state index contributed by atoms with van der Waals surface area (Å²) < 4.78 is 19.0. The number of hydrogen-bond acceptors (Lipinski definition) is 2. The minimum Gasteiger partial charge on any atom is -0.374 e. The molecule has 1 saturated carbocycles. The van der Waals surface area contributed by atoms with Gasteiger partial charge in [-0.15, -0.1) is 0 Å². The Bertz CT molecular complexity index is 475. The Morgan fingerprint density at radius 2 is 2.16 bits per heavy atom. The van der Waals surface area contributed by atoms with Gasteiger partial charge in [0.1, 0.15) is 5.82 Å². The van der Waals surface area contributed by atoms with Gasteiger partial charge in [-0.3, -0.25) is 4.79 Å². The van der Waals surface area contributed by atoms with Gasteiger partial charge in [-0.05, 0) is 31.0 Å². The average Bonchev–Trinajstić information content (AvgIpc) is 2.46. The fraction of sp³-hybridized carbons (Fsp3) is 0.533.